The molecule has 0 aliphatic carbocycles. The lowest BCUT2D eigenvalue weighted by molar-refractivity contribution is 0.0943. The molecule has 0 radical (unpaired) electrons. The second kappa shape index (κ2) is 8.27. The number of hydrogen-bond acceptors (Lipinski definition) is 6. The number of carbonyl (C=O) groups is 1. The normalized spacial score (nSPS) is 11.9. The predicted molar refractivity (Wildman–Crippen MR) is 100 cm³/mol. The van der Waals surface area contributed by atoms with Crippen LogP contribution in [-0.2, 0) is 6.54 Å². The van der Waals surface area contributed by atoms with Gasteiger partial charge in [-0.25, -0.2) is 13.8 Å². The number of phenolic OH excluding ortho intramolecular Hbond substituents is 1. The van der Waals surface area contributed by atoms with Gasteiger partial charge in [-0.15, -0.1) is 0 Å². The summed E-state index contributed by atoms with van der Waals surface area (Å²) in [5, 5.41) is 12.5. The zero-order valence-corrected chi connectivity index (χ0v) is 15.7. The van der Waals surface area contributed by atoms with E-state index in [9.17, 15) is 18.7 Å². The number of nitrogens with two attached hydrogens (primary N) is 1. The molecular weight excluding hydrogens is 384 g/mol. The molecule has 4 N–H and O–H groups in total. The smallest absolute Gasteiger partial charge is 0.273 e. The average molecular weight is 403 g/mol. The van der Waals surface area contributed by atoms with Crippen LogP contribution in [0.25, 0.3) is 11.5 Å². The van der Waals surface area contributed by atoms with Crippen molar-refractivity contribution in [2.75, 3.05) is 7.11 Å². The molecule has 1 amide bonds. The van der Waals surface area contributed by atoms with Crippen molar-refractivity contribution in [2.24, 2.45) is 5.73 Å². The van der Waals surface area contributed by atoms with Gasteiger partial charge in [0.1, 0.15) is 11.6 Å². The molecule has 0 bridgehead atoms. The second-order valence-corrected chi connectivity index (χ2v) is 6.33. The fraction of sp³-hybridized carbons (Fsp3) is 0.200. The highest BCUT2D eigenvalue weighted by Gasteiger charge is 2.24. The maximum atomic E-state index is 13.8. The van der Waals surface area contributed by atoms with E-state index < -0.39 is 23.6 Å². The van der Waals surface area contributed by atoms with E-state index in [0.29, 0.717) is 5.56 Å². The zero-order valence-electron chi connectivity index (χ0n) is 15.7. The van der Waals surface area contributed by atoms with Gasteiger partial charge in [-0.05, 0) is 31.2 Å². The lowest BCUT2D eigenvalue weighted by Crippen LogP contribution is -2.25. The third kappa shape index (κ3) is 4.35. The Morgan fingerprint density at radius 2 is 2.07 bits per heavy atom. The summed E-state index contributed by atoms with van der Waals surface area (Å²) >= 11 is 0. The van der Waals surface area contributed by atoms with E-state index in [-0.39, 0.29) is 41.0 Å². The number of oxazole rings is 1. The quantitative estimate of drug-likeness (QED) is 0.583. The van der Waals surface area contributed by atoms with Crippen molar-refractivity contribution >= 4 is 5.91 Å². The summed E-state index contributed by atoms with van der Waals surface area (Å²) in [6.07, 6.45) is 0. The summed E-state index contributed by atoms with van der Waals surface area (Å²) in [5.41, 5.74) is 6.35. The molecule has 0 spiro atoms. The van der Waals surface area contributed by atoms with Gasteiger partial charge < -0.3 is 25.3 Å². The van der Waals surface area contributed by atoms with E-state index in [0.717, 1.165) is 12.1 Å². The molecule has 0 unspecified atom stereocenters. The van der Waals surface area contributed by atoms with Crippen LogP contribution in [0.5, 0.6) is 11.5 Å². The summed E-state index contributed by atoms with van der Waals surface area (Å²) in [4.78, 5) is 16.8. The van der Waals surface area contributed by atoms with Gasteiger partial charge in [0.15, 0.2) is 23.0 Å². The van der Waals surface area contributed by atoms with Crippen LogP contribution in [0.15, 0.2) is 40.8 Å². The molecule has 0 saturated heterocycles. The minimum absolute atomic E-state index is 0.0622. The molecule has 2 aromatic carbocycles. The first kappa shape index (κ1) is 20.3. The number of aromatic hydroxyl groups is 1. The van der Waals surface area contributed by atoms with E-state index in [1.165, 1.54) is 25.3 Å². The average Bonchev–Trinajstić information content (AvgIpc) is 3.13. The molecule has 1 heterocycles. The zero-order chi connectivity index (χ0) is 21.1. The molecule has 1 aromatic heterocycles. The number of phenols is 1. The number of ether oxygens (including phenoxy) is 1. The number of halogens is 2. The van der Waals surface area contributed by atoms with Crippen molar-refractivity contribution in [3.63, 3.8) is 0 Å². The van der Waals surface area contributed by atoms with Gasteiger partial charge in [-0.2, -0.15) is 0 Å². The standard InChI is InChI=1S/C20H19F2N3O4/c1-10(23)18-17(19(27)24-9-12-3-5-13(21)8-14(12)22)25-20(29-18)11-4-6-16(28-2)15(26)7-11/h3-8,10,26H,9,23H2,1-2H3,(H,24,27)/t10-/m0/s1. The molecule has 3 rings (SSSR count). The molecule has 0 aliphatic rings. The molecule has 1 atom stereocenters. The molecule has 0 fully saturated rings. The minimum Gasteiger partial charge on any atom is -0.504 e. The number of aromatic nitrogens is 1. The first-order valence-corrected chi connectivity index (χ1v) is 8.66. The fourth-order valence-electron chi connectivity index (χ4n) is 2.67. The van der Waals surface area contributed by atoms with Crippen LogP contribution < -0.4 is 15.8 Å². The van der Waals surface area contributed by atoms with Crippen LogP contribution in [-0.4, -0.2) is 23.1 Å². The first-order valence-electron chi connectivity index (χ1n) is 8.66. The Labute approximate surface area is 165 Å². The van der Waals surface area contributed by atoms with Crippen molar-refractivity contribution in [2.45, 2.75) is 19.5 Å². The van der Waals surface area contributed by atoms with Crippen molar-refractivity contribution in [3.05, 3.63) is 65.1 Å². The molecule has 7 nitrogen and oxygen atoms in total. The number of methoxy groups -OCH3 is 1. The van der Waals surface area contributed by atoms with Gasteiger partial charge in [0.25, 0.3) is 5.91 Å². The maximum Gasteiger partial charge on any atom is 0.273 e. The van der Waals surface area contributed by atoms with Crippen molar-refractivity contribution in [3.8, 4) is 23.0 Å². The monoisotopic (exact) mass is 403 g/mol. The van der Waals surface area contributed by atoms with Gasteiger partial charge in [-0.3, -0.25) is 4.79 Å². The topological polar surface area (TPSA) is 111 Å². The summed E-state index contributed by atoms with van der Waals surface area (Å²) in [6.45, 7) is 1.45. The van der Waals surface area contributed by atoms with Crippen LogP contribution in [0.4, 0.5) is 8.78 Å². The lowest BCUT2D eigenvalue weighted by atomic mass is 10.2. The Morgan fingerprint density at radius 3 is 2.69 bits per heavy atom. The van der Waals surface area contributed by atoms with E-state index in [1.807, 2.05) is 0 Å². The van der Waals surface area contributed by atoms with E-state index in [4.69, 9.17) is 14.9 Å². The number of benzene rings is 2. The van der Waals surface area contributed by atoms with Gasteiger partial charge >= 0.3 is 0 Å². The predicted octanol–water partition coefficient (Wildman–Crippen LogP) is 3.28. The third-order valence-corrected chi connectivity index (χ3v) is 4.16. The first-order chi connectivity index (χ1) is 13.8. The molecule has 0 aliphatic heterocycles. The van der Waals surface area contributed by atoms with E-state index in [2.05, 4.69) is 10.3 Å². The number of amides is 1. The van der Waals surface area contributed by atoms with Gasteiger partial charge in [-0.1, -0.05) is 6.07 Å². The lowest BCUT2D eigenvalue weighted by Gasteiger charge is -2.07. The summed E-state index contributed by atoms with van der Waals surface area (Å²) < 4.78 is 37.4. The van der Waals surface area contributed by atoms with Gasteiger partial charge in [0, 0.05) is 23.7 Å². The molecule has 0 saturated carbocycles. The fourth-order valence-corrected chi connectivity index (χ4v) is 2.67. The summed E-state index contributed by atoms with van der Waals surface area (Å²) in [5.74, 6) is -1.75. The Bertz CT molecular complexity index is 1050. The molecule has 152 valence electrons. The van der Waals surface area contributed by atoms with Crippen LogP contribution >= 0.6 is 0 Å². The highest BCUT2D eigenvalue weighted by Crippen LogP contribution is 2.32. The molecule has 3 aromatic rings. The van der Waals surface area contributed by atoms with Crippen molar-refractivity contribution in [1.29, 1.82) is 0 Å². The Kier molecular flexibility index (Phi) is 5.79. The van der Waals surface area contributed by atoms with Crippen LogP contribution in [0.3, 0.4) is 0 Å². The van der Waals surface area contributed by atoms with Gasteiger partial charge in [0.2, 0.25) is 5.89 Å². The van der Waals surface area contributed by atoms with E-state index >= 15 is 0 Å². The van der Waals surface area contributed by atoms with E-state index in [1.54, 1.807) is 13.0 Å². The van der Waals surface area contributed by atoms with Crippen molar-refractivity contribution < 1.29 is 27.8 Å². The van der Waals surface area contributed by atoms with Crippen LogP contribution in [0, 0.1) is 11.6 Å². The van der Waals surface area contributed by atoms with Crippen LogP contribution in [0.1, 0.15) is 34.8 Å². The van der Waals surface area contributed by atoms with Crippen LogP contribution in [0.2, 0.25) is 0 Å². The molecule has 29 heavy (non-hydrogen) atoms. The number of nitrogens with zero attached hydrogens (tertiary/aromatic N) is 1. The Hall–Kier alpha value is -3.46. The van der Waals surface area contributed by atoms with Crippen molar-refractivity contribution in [1.82, 2.24) is 10.3 Å². The largest absolute Gasteiger partial charge is 0.504 e. The second-order valence-electron chi connectivity index (χ2n) is 6.33. The Balaban J connectivity index is 1.86. The third-order valence-electron chi connectivity index (χ3n) is 4.16. The summed E-state index contributed by atoms with van der Waals surface area (Å²) in [6, 6.07) is 6.94. The highest BCUT2D eigenvalue weighted by atomic mass is 19.1. The number of hydrogen-bond donors (Lipinski definition) is 3. The number of carbonyl (C=O) groups excluding carboxylic acids is 1. The Morgan fingerprint density at radius 1 is 1.31 bits per heavy atom. The molecular formula is C20H19F2N3O4. The molecule has 9 heteroatoms. The number of nitrogens with one attached hydrogen (secondary N) is 1. The minimum atomic E-state index is -0.771. The SMILES string of the molecule is COc1ccc(-c2nc(C(=O)NCc3ccc(F)cc3F)c([C@H](C)N)o2)cc1O. The number of rotatable bonds is 6. The maximum absolute atomic E-state index is 13.8. The highest BCUT2D eigenvalue weighted by molar-refractivity contribution is 5.93. The summed E-state index contributed by atoms with van der Waals surface area (Å²) in [7, 11) is 1.42. The van der Waals surface area contributed by atoms with Gasteiger partial charge in [0.05, 0.1) is 13.2 Å².